The molecule has 0 bridgehead atoms. The predicted molar refractivity (Wildman–Crippen MR) is 44.1 cm³/mol. The van der Waals surface area contributed by atoms with Crippen LogP contribution in [0, 0.1) is 5.92 Å². The van der Waals surface area contributed by atoms with E-state index in [2.05, 4.69) is 4.98 Å². The Morgan fingerprint density at radius 3 is 2.67 bits per heavy atom. The molecule has 3 heteroatoms. The van der Waals surface area contributed by atoms with Crippen molar-refractivity contribution in [2.45, 2.75) is 12.8 Å². The SMILES string of the molecule is O=C(c1ccc(=O)[nH]c1)C1CC1. The lowest BCUT2D eigenvalue weighted by Gasteiger charge is -1.95. The standard InChI is InChI=1S/C9H9NO2/c11-8-4-3-7(5-10-8)9(12)6-1-2-6/h3-6H,1-2H2,(H,10,11). The van der Waals surface area contributed by atoms with Gasteiger partial charge in [-0.2, -0.15) is 0 Å². The fourth-order valence-corrected chi connectivity index (χ4v) is 1.15. The van der Waals surface area contributed by atoms with E-state index in [1.807, 2.05) is 0 Å². The van der Waals surface area contributed by atoms with Crippen molar-refractivity contribution in [2.75, 3.05) is 0 Å². The van der Waals surface area contributed by atoms with Crippen molar-refractivity contribution in [1.82, 2.24) is 4.98 Å². The zero-order valence-electron chi connectivity index (χ0n) is 6.54. The largest absolute Gasteiger partial charge is 0.328 e. The van der Waals surface area contributed by atoms with Gasteiger partial charge in [0.05, 0.1) is 0 Å². The van der Waals surface area contributed by atoms with Gasteiger partial charge < -0.3 is 4.98 Å². The van der Waals surface area contributed by atoms with Crippen molar-refractivity contribution >= 4 is 5.78 Å². The smallest absolute Gasteiger partial charge is 0.247 e. The van der Waals surface area contributed by atoms with Gasteiger partial charge in [0.1, 0.15) is 0 Å². The summed E-state index contributed by atoms with van der Waals surface area (Å²) in [6, 6.07) is 2.97. The van der Waals surface area contributed by atoms with Crippen molar-refractivity contribution in [3.63, 3.8) is 0 Å². The summed E-state index contributed by atoms with van der Waals surface area (Å²) in [4.78, 5) is 24.5. The van der Waals surface area contributed by atoms with Crippen LogP contribution in [-0.4, -0.2) is 10.8 Å². The Labute approximate surface area is 69.4 Å². The van der Waals surface area contributed by atoms with Crippen LogP contribution in [0.5, 0.6) is 0 Å². The number of aromatic nitrogens is 1. The van der Waals surface area contributed by atoms with E-state index in [1.165, 1.54) is 12.3 Å². The molecule has 2 rings (SSSR count). The molecular formula is C9H9NO2. The highest BCUT2D eigenvalue weighted by Gasteiger charge is 2.30. The number of aromatic amines is 1. The van der Waals surface area contributed by atoms with Crippen LogP contribution < -0.4 is 5.56 Å². The maximum Gasteiger partial charge on any atom is 0.247 e. The molecule has 12 heavy (non-hydrogen) atoms. The molecule has 1 N–H and O–H groups in total. The minimum Gasteiger partial charge on any atom is -0.328 e. The summed E-state index contributed by atoms with van der Waals surface area (Å²) < 4.78 is 0. The third-order valence-corrected chi connectivity index (χ3v) is 2.02. The van der Waals surface area contributed by atoms with Crippen LogP contribution in [0.4, 0.5) is 0 Å². The van der Waals surface area contributed by atoms with Gasteiger partial charge in [0.2, 0.25) is 5.56 Å². The van der Waals surface area contributed by atoms with E-state index < -0.39 is 0 Å². The molecule has 0 saturated heterocycles. The van der Waals surface area contributed by atoms with E-state index in [1.54, 1.807) is 6.07 Å². The third-order valence-electron chi connectivity index (χ3n) is 2.02. The normalized spacial score (nSPS) is 16.0. The van der Waals surface area contributed by atoms with Gasteiger partial charge in [-0.25, -0.2) is 0 Å². The van der Waals surface area contributed by atoms with Crippen molar-refractivity contribution in [1.29, 1.82) is 0 Å². The number of carbonyl (C=O) groups excluding carboxylic acids is 1. The summed E-state index contributed by atoms with van der Waals surface area (Å²) >= 11 is 0. The number of ketones is 1. The molecule has 1 saturated carbocycles. The van der Waals surface area contributed by atoms with Crippen LogP contribution in [0.1, 0.15) is 23.2 Å². The molecule has 3 nitrogen and oxygen atoms in total. The van der Waals surface area contributed by atoms with Crippen LogP contribution in [0.15, 0.2) is 23.1 Å². The lowest BCUT2D eigenvalue weighted by Crippen LogP contribution is -2.07. The molecule has 1 aliphatic carbocycles. The molecule has 0 unspecified atom stereocenters. The molecule has 1 aliphatic rings. The molecule has 0 amide bonds. The number of rotatable bonds is 2. The number of hydrogen-bond donors (Lipinski definition) is 1. The Morgan fingerprint density at radius 1 is 1.42 bits per heavy atom. The molecule has 0 aliphatic heterocycles. The number of nitrogens with one attached hydrogen (secondary N) is 1. The van der Waals surface area contributed by atoms with Crippen molar-refractivity contribution in [2.24, 2.45) is 5.92 Å². The zero-order chi connectivity index (χ0) is 8.55. The van der Waals surface area contributed by atoms with Gasteiger partial charge in [0.15, 0.2) is 5.78 Å². The first-order valence-electron chi connectivity index (χ1n) is 4.00. The van der Waals surface area contributed by atoms with Crippen LogP contribution in [-0.2, 0) is 0 Å². The monoisotopic (exact) mass is 163 g/mol. The molecule has 1 heterocycles. The van der Waals surface area contributed by atoms with Gasteiger partial charge >= 0.3 is 0 Å². The van der Waals surface area contributed by atoms with Gasteiger partial charge in [0, 0.05) is 23.7 Å². The van der Waals surface area contributed by atoms with Crippen LogP contribution in [0.2, 0.25) is 0 Å². The van der Waals surface area contributed by atoms with E-state index in [0.717, 1.165) is 12.8 Å². The molecular weight excluding hydrogens is 154 g/mol. The van der Waals surface area contributed by atoms with Crippen LogP contribution >= 0.6 is 0 Å². The van der Waals surface area contributed by atoms with Crippen LogP contribution in [0.3, 0.4) is 0 Å². The van der Waals surface area contributed by atoms with E-state index in [9.17, 15) is 9.59 Å². The van der Waals surface area contributed by atoms with Gasteiger partial charge in [-0.3, -0.25) is 9.59 Å². The second-order valence-corrected chi connectivity index (χ2v) is 3.08. The highest BCUT2D eigenvalue weighted by molar-refractivity contribution is 5.98. The highest BCUT2D eigenvalue weighted by Crippen LogP contribution is 2.32. The Kier molecular flexibility index (Phi) is 1.57. The number of Topliss-reactive ketones (excluding diaryl/α,β-unsaturated/α-hetero) is 1. The van der Waals surface area contributed by atoms with Gasteiger partial charge in [-0.15, -0.1) is 0 Å². The summed E-state index contributed by atoms with van der Waals surface area (Å²) in [7, 11) is 0. The van der Waals surface area contributed by atoms with Crippen molar-refractivity contribution in [3.05, 3.63) is 34.2 Å². The summed E-state index contributed by atoms with van der Waals surface area (Å²) in [6.45, 7) is 0. The van der Waals surface area contributed by atoms with Crippen LogP contribution in [0.25, 0.3) is 0 Å². The Bertz CT molecular complexity index is 343. The summed E-state index contributed by atoms with van der Waals surface area (Å²) in [5.74, 6) is 0.377. The minimum absolute atomic E-state index is 0.159. The average Bonchev–Trinajstić information content (AvgIpc) is 2.87. The second-order valence-electron chi connectivity index (χ2n) is 3.08. The highest BCUT2D eigenvalue weighted by atomic mass is 16.1. The third kappa shape index (κ3) is 1.30. The fourth-order valence-electron chi connectivity index (χ4n) is 1.15. The predicted octanol–water partition coefficient (Wildman–Crippen LogP) is 0.968. The lowest BCUT2D eigenvalue weighted by molar-refractivity contribution is 0.0967. The van der Waals surface area contributed by atoms with E-state index >= 15 is 0 Å². The minimum atomic E-state index is -0.164. The summed E-state index contributed by atoms with van der Waals surface area (Å²) in [5, 5.41) is 0. The van der Waals surface area contributed by atoms with Gasteiger partial charge in [-0.05, 0) is 18.9 Å². The van der Waals surface area contributed by atoms with Gasteiger partial charge in [-0.1, -0.05) is 0 Å². The average molecular weight is 163 g/mol. The topological polar surface area (TPSA) is 49.9 Å². The van der Waals surface area contributed by atoms with E-state index in [-0.39, 0.29) is 17.3 Å². The Balaban J connectivity index is 2.27. The number of H-pyrrole nitrogens is 1. The molecule has 0 aromatic carbocycles. The first kappa shape index (κ1) is 7.28. The zero-order valence-corrected chi connectivity index (χ0v) is 6.54. The molecule has 62 valence electrons. The number of hydrogen-bond acceptors (Lipinski definition) is 2. The van der Waals surface area contributed by atoms with Crippen molar-refractivity contribution < 1.29 is 4.79 Å². The first-order chi connectivity index (χ1) is 5.77. The van der Waals surface area contributed by atoms with E-state index in [4.69, 9.17) is 0 Å². The molecule has 0 atom stereocenters. The molecule has 1 fully saturated rings. The second kappa shape index (κ2) is 2.59. The molecule has 0 radical (unpaired) electrons. The summed E-state index contributed by atoms with van der Waals surface area (Å²) in [5.41, 5.74) is 0.458. The Hall–Kier alpha value is -1.38. The maximum absolute atomic E-state index is 11.4. The number of carbonyl (C=O) groups is 1. The maximum atomic E-state index is 11.4. The first-order valence-corrected chi connectivity index (χ1v) is 4.00. The lowest BCUT2D eigenvalue weighted by atomic mass is 10.1. The van der Waals surface area contributed by atoms with E-state index in [0.29, 0.717) is 5.56 Å². The quantitative estimate of drug-likeness (QED) is 0.660. The fraction of sp³-hybridized carbons (Fsp3) is 0.333. The number of pyridine rings is 1. The summed E-state index contributed by atoms with van der Waals surface area (Å²) in [6.07, 6.45) is 3.49. The Morgan fingerprint density at radius 2 is 2.17 bits per heavy atom. The molecule has 1 aromatic heterocycles. The van der Waals surface area contributed by atoms with Crippen molar-refractivity contribution in [3.8, 4) is 0 Å². The molecule has 1 aromatic rings. The molecule has 0 spiro atoms. The van der Waals surface area contributed by atoms with Gasteiger partial charge in [0.25, 0.3) is 0 Å².